The third-order valence-corrected chi connectivity index (χ3v) is 2.73. The van der Waals surface area contributed by atoms with E-state index in [9.17, 15) is 9.59 Å². The Morgan fingerprint density at radius 1 is 1.42 bits per heavy atom. The number of nitrogens with zero attached hydrogens (tertiary/aromatic N) is 2. The molecule has 2 aromatic rings. The fourth-order valence-corrected chi connectivity index (χ4v) is 1.82. The van der Waals surface area contributed by atoms with Gasteiger partial charge in [0.2, 0.25) is 0 Å². The van der Waals surface area contributed by atoms with Gasteiger partial charge in [0.25, 0.3) is 5.91 Å². The maximum atomic E-state index is 11.9. The van der Waals surface area contributed by atoms with Crippen LogP contribution in [0.25, 0.3) is 0 Å². The van der Waals surface area contributed by atoms with E-state index in [1.54, 1.807) is 17.7 Å². The molecule has 98 valence electrons. The highest BCUT2D eigenvalue weighted by Crippen LogP contribution is 2.24. The SMILES string of the molecule is Cn1cnc(C(=O)Nc2cccc(Cl)c2C(=O)O)c1. The molecule has 0 fully saturated rings. The number of halogens is 1. The first-order valence-corrected chi connectivity index (χ1v) is 5.68. The Bertz CT molecular complexity index is 651. The molecule has 6 nitrogen and oxygen atoms in total. The van der Waals surface area contributed by atoms with Crippen LogP contribution in [0.2, 0.25) is 5.02 Å². The third-order valence-electron chi connectivity index (χ3n) is 2.41. The number of aromatic carboxylic acids is 1. The second kappa shape index (κ2) is 5.11. The summed E-state index contributed by atoms with van der Waals surface area (Å²) in [5, 5.41) is 11.6. The van der Waals surface area contributed by atoms with Gasteiger partial charge in [0.15, 0.2) is 0 Å². The van der Waals surface area contributed by atoms with E-state index in [1.165, 1.54) is 24.7 Å². The number of carbonyl (C=O) groups excluding carboxylic acids is 1. The van der Waals surface area contributed by atoms with Crippen molar-refractivity contribution in [3.8, 4) is 0 Å². The van der Waals surface area contributed by atoms with Gasteiger partial charge >= 0.3 is 5.97 Å². The maximum Gasteiger partial charge on any atom is 0.339 e. The molecule has 0 saturated carbocycles. The Morgan fingerprint density at radius 3 is 2.74 bits per heavy atom. The predicted octanol–water partition coefficient (Wildman–Crippen LogP) is 2.02. The van der Waals surface area contributed by atoms with Crippen LogP contribution in [0.3, 0.4) is 0 Å². The molecule has 0 bridgehead atoms. The van der Waals surface area contributed by atoms with Crippen molar-refractivity contribution in [1.82, 2.24) is 9.55 Å². The van der Waals surface area contributed by atoms with E-state index >= 15 is 0 Å². The van der Waals surface area contributed by atoms with Crippen LogP contribution in [-0.4, -0.2) is 26.5 Å². The van der Waals surface area contributed by atoms with Crippen LogP contribution in [0, 0.1) is 0 Å². The molecule has 0 radical (unpaired) electrons. The number of carboxylic acids is 1. The van der Waals surface area contributed by atoms with E-state index in [0.717, 1.165) is 0 Å². The van der Waals surface area contributed by atoms with Gasteiger partial charge in [0, 0.05) is 13.2 Å². The van der Waals surface area contributed by atoms with Crippen LogP contribution < -0.4 is 5.32 Å². The molecule has 2 rings (SSSR count). The number of nitrogens with one attached hydrogen (secondary N) is 1. The molecule has 1 heterocycles. The molecule has 0 saturated heterocycles. The highest BCUT2D eigenvalue weighted by Gasteiger charge is 2.17. The quantitative estimate of drug-likeness (QED) is 0.900. The minimum Gasteiger partial charge on any atom is -0.478 e. The Kier molecular flexibility index (Phi) is 3.52. The van der Waals surface area contributed by atoms with Gasteiger partial charge in [-0.15, -0.1) is 0 Å². The van der Waals surface area contributed by atoms with Gasteiger partial charge in [-0.2, -0.15) is 0 Å². The fraction of sp³-hybridized carbons (Fsp3) is 0.0833. The Labute approximate surface area is 113 Å². The molecular weight excluding hydrogens is 270 g/mol. The topological polar surface area (TPSA) is 84.2 Å². The summed E-state index contributed by atoms with van der Waals surface area (Å²) in [4.78, 5) is 26.9. The second-order valence-corrected chi connectivity index (χ2v) is 4.25. The second-order valence-electron chi connectivity index (χ2n) is 3.85. The molecule has 1 aromatic heterocycles. The Balaban J connectivity index is 2.31. The van der Waals surface area contributed by atoms with Gasteiger partial charge in [-0.3, -0.25) is 4.79 Å². The first-order valence-electron chi connectivity index (χ1n) is 5.30. The summed E-state index contributed by atoms with van der Waals surface area (Å²) in [6.07, 6.45) is 3.01. The Hall–Kier alpha value is -2.34. The monoisotopic (exact) mass is 279 g/mol. The summed E-state index contributed by atoms with van der Waals surface area (Å²) in [7, 11) is 1.73. The van der Waals surface area contributed by atoms with Crippen molar-refractivity contribution in [2.45, 2.75) is 0 Å². The van der Waals surface area contributed by atoms with Crippen LogP contribution in [0.5, 0.6) is 0 Å². The first kappa shape index (κ1) is 13.1. The summed E-state index contributed by atoms with van der Waals surface area (Å²) in [5.41, 5.74) is 0.183. The van der Waals surface area contributed by atoms with Crippen molar-refractivity contribution >= 4 is 29.2 Å². The van der Waals surface area contributed by atoms with Crippen molar-refractivity contribution in [2.24, 2.45) is 7.05 Å². The molecular formula is C12H10ClN3O3. The number of hydrogen-bond acceptors (Lipinski definition) is 3. The lowest BCUT2D eigenvalue weighted by molar-refractivity contribution is 0.0698. The number of benzene rings is 1. The van der Waals surface area contributed by atoms with Gasteiger partial charge in [-0.25, -0.2) is 9.78 Å². The van der Waals surface area contributed by atoms with Crippen molar-refractivity contribution in [1.29, 1.82) is 0 Å². The molecule has 0 spiro atoms. The molecule has 2 N–H and O–H groups in total. The Morgan fingerprint density at radius 2 is 2.16 bits per heavy atom. The highest BCUT2D eigenvalue weighted by atomic mass is 35.5. The first-order chi connectivity index (χ1) is 8.99. The summed E-state index contributed by atoms with van der Waals surface area (Å²) in [6.45, 7) is 0. The molecule has 7 heteroatoms. The predicted molar refractivity (Wildman–Crippen MR) is 69.6 cm³/mol. The summed E-state index contributed by atoms with van der Waals surface area (Å²) < 4.78 is 1.62. The van der Waals surface area contributed by atoms with E-state index in [2.05, 4.69) is 10.3 Å². The number of amides is 1. The van der Waals surface area contributed by atoms with Crippen molar-refractivity contribution in [3.05, 3.63) is 47.0 Å². The minimum atomic E-state index is -1.21. The molecule has 0 atom stereocenters. The zero-order valence-electron chi connectivity index (χ0n) is 9.92. The third kappa shape index (κ3) is 2.74. The van der Waals surface area contributed by atoms with Gasteiger partial charge in [-0.05, 0) is 12.1 Å². The minimum absolute atomic E-state index is 0.0614. The van der Waals surface area contributed by atoms with Crippen LogP contribution in [0.15, 0.2) is 30.7 Å². The fourth-order valence-electron chi connectivity index (χ4n) is 1.56. The van der Waals surface area contributed by atoms with Crippen LogP contribution >= 0.6 is 11.6 Å². The largest absolute Gasteiger partial charge is 0.478 e. The smallest absolute Gasteiger partial charge is 0.339 e. The number of imidazole rings is 1. The molecule has 1 aromatic carbocycles. The zero-order chi connectivity index (χ0) is 14.0. The van der Waals surface area contributed by atoms with E-state index in [1.807, 2.05) is 0 Å². The molecule has 19 heavy (non-hydrogen) atoms. The summed E-state index contributed by atoms with van der Waals surface area (Å²) in [6, 6.07) is 4.47. The lowest BCUT2D eigenvalue weighted by atomic mass is 10.1. The van der Waals surface area contributed by atoms with Gasteiger partial charge in [0.05, 0.1) is 17.0 Å². The van der Waals surface area contributed by atoms with Crippen molar-refractivity contribution in [2.75, 3.05) is 5.32 Å². The average molecular weight is 280 g/mol. The van der Waals surface area contributed by atoms with E-state index in [4.69, 9.17) is 16.7 Å². The molecule has 0 aliphatic carbocycles. The highest BCUT2D eigenvalue weighted by molar-refractivity contribution is 6.34. The molecule has 0 unspecified atom stereocenters. The van der Waals surface area contributed by atoms with E-state index < -0.39 is 11.9 Å². The van der Waals surface area contributed by atoms with Crippen LogP contribution in [-0.2, 0) is 7.05 Å². The molecule has 1 amide bonds. The normalized spacial score (nSPS) is 10.2. The van der Waals surface area contributed by atoms with Crippen LogP contribution in [0.1, 0.15) is 20.8 Å². The number of rotatable bonds is 3. The maximum absolute atomic E-state index is 11.9. The lowest BCUT2D eigenvalue weighted by Gasteiger charge is -2.08. The lowest BCUT2D eigenvalue weighted by Crippen LogP contribution is -2.15. The standard InChI is InChI=1S/C12H10ClN3O3/c1-16-5-9(14-6-16)11(17)15-8-4-2-3-7(13)10(8)12(18)19/h2-6H,1H3,(H,15,17)(H,18,19). The molecule has 0 aliphatic rings. The van der Waals surface area contributed by atoms with E-state index in [0.29, 0.717) is 0 Å². The number of carboxylic acid groups (broad SMARTS) is 1. The van der Waals surface area contributed by atoms with Gasteiger partial charge < -0.3 is 15.0 Å². The summed E-state index contributed by atoms with van der Waals surface area (Å²) >= 11 is 5.81. The van der Waals surface area contributed by atoms with Crippen LogP contribution in [0.4, 0.5) is 5.69 Å². The number of carbonyl (C=O) groups is 2. The average Bonchev–Trinajstić information content (AvgIpc) is 2.75. The van der Waals surface area contributed by atoms with Crippen molar-refractivity contribution < 1.29 is 14.7 Å². The number of aryl methyl sites for hydroxylation is 1. The molecule has 0 aliphatic heterocycles. The summed E-state index contributed by atoms with van der Waals surface area (Å²) in [5.74, 6) is -1.70. The number of hydrogen-bond donors (Lipinski definition) is 2. The number of aromatic nitrogens is 2. The van der Waals surface area contributed by atoms with E-state index in [-0.39, 0.29) is 22.0 Å². The number of anilines is 1. The van der Waals surface area contributed by atoms with Gasteiger partial charge in [0.1, 0.15) is 11.3 Å². The van der Waals surface area contributed by atoms with Gasteiger partial charge in [-0.1, -0.05) is 17.7 Å². The van der Waals surface area contributed by atoms with Crippen molar-refractivity contribution in [3.63, 3.8) is 0 Å². The zero-order valence-corrected chi connectivity index (χ0v) is 10.7.